The van der Waals surface area contributed by atoms with Gasteiger partial charge in [-0.1, -0.05) is 34.5 Å². The molecule has 0 saturated carbocycles. The van der Waals surface area contributed by atoms with Crippen LogP contribution in [-0.2, 0) is 14.8 Å². The molecule has 1 fully saturated rings. The van der Waals surface area contributed by atoms with Crippen molar-refractivity contribution in [2.75, 3.05) is 35.9 Å². The van der Waals surface area contributed by atoms with Crippen LogP contribution < -0.4 is 9.62 Å². The molecule has 0 bridgehead atoms. The Morgan fingerprint density at radius 2 is 1.92 bits per heavy atom. The van der Waals surface area contributed by atoms with Crippen molar-refractivity contribution in [2.24, 2.45) is 0 Å². The van der Waals surface area contributed by atoms with E-state index in [0.29, 0.717) is 23.2 Å². The van der Waals surface area contributed by atoms with Gasteiger partial charge in [-0.25, -0.2) is 13.4 Å². The van der Waals surface area contributed by atoms with E-state index in [0.717, 1.165) is 39.8 Å². The number of anilines is 2. The van der Waals surface area contributed by atoms with Crippen molar-refractivity contribution < 1.29 is 13.2 Å². The highest BCUT2D eigenvalue weighted by molar-refractivity contribution is 7.93. The van der Waals surface area contributed by atoms with E-state index in [1.165, 1.54) is 17.4 Å². The van der Waals surface area contributed by atoms with Crippen molar-refractivity contribution in [3.05, 3.63) is 32.9 Å². The van der Waals surface area contributed by atoms with Crippen LogP contribution in [0.3, 0.4) is 0 Å². The second kappa shape index (κ2) is 7.14. The molecule has 0 atom stereocenters. The third-order valence-electron chi connectivity index (χ3n) is 3.83. The molecule has 2 aromatic heterocycles. The van der Waals surface area contributed by atoms with Gasteiger partial charge in [-0.2, -0.15) is 0 Å². The zero-order chi connectivity index (χ0) is 18.3. The first kappa shape index (κ1) is 18.3. The third-order valence-corrected chi connectivity index (χ3v) is 8.04. The van der Waals surface area contributed by atoms with Crippen molar-refractivity contribution in [1.82, 2.24) is 4.98 Å². The standard InChI is InChI=1S/C15H13Cl2N3O3S3/c16-13-8-12(14(17)25-13)26(21,22)19-9-1-2-10-11(7-9)24-15(18-10)20-3-5-23-6-4-20/h1-2,7-8,19H,3-6H2. The lowest BCUT2D eigenvalue weighted by atomic mass is 10.3. The number of aromatic nitrogens is 1. The number of nitrogens with one attached hydrogen (secondary N) is 1. The molecule has 1 N–H and O–H groups in total. The van der Waals surface area contributed by atoms with E-state index >= 15 is 0 Å². The molecule has 3 heterocycles. The highest BCUT2D eigenvalue weighted by Crippen LogP contribution is 2.36. The van der Waals surface area contributed by atoms with Crippen LogP contribution in [0.5, 0.6) is 0 Å². The molecule has 0 aliphatic carbocycles. The minimum absolute atomic E-state index is 0.0208. The fraction of sp³-hybridized carbons (Fsp3) is 0.267. The largest absolute Gasteiger partial charge is 0.378 e. The number of morpholine rings is 1. The summed E-state index contributed by atoms with van der Waals surface area (Å²) in [5.41, 5.74) is 1.28. The van der Waals surface area contributed by atoms with E-state index in [1.807, 2.05) is 0 Å². The van der Waals surface area contributed by atoms with Crippen molar-refractivity contribution in [3.63, 3.8) is 0 Å². The van der Waals surface area contributed by atoms with Crippen LogP contribution in [-0.4, -0.2) is 39.7 Å². The van der Waals surface area contributed by atoms with Gasteiger partial charge in [0.25, 0.3) is 10.0 Å². The van der Waals surface area contributed by atoms with Crippen LogP contribution in [0.1, 0.15) is 0 Å². The lowest BCUT2D eigenvalue weighted by Gasteiger charge is -2.25. The van der Waals surface area contributed by atoms with Crippen LogP contribution in [0, 0.1) is 0 Å². The summed E-state index contributed by atoms with van der Waals surface area (Å²) in [5, 5.41) is 0.913. The van der Waals surface area contributed by atoms with Crippen molar-refractivity contribution >= 4 is 76.9 Å². The fourth-order valence-electron chi connectivity index (χ4n) is 2.58. The Bertz CT molecular complexity index is 1060. The number of nitrogens with zero attached hydrogens (tertiary/aromatic N) is 2. The molecule has 11 heteroatoms. The number of fused-ring (bicyclic) bond motifs is 1. The Morgan fingerprint density at radius 3 is 2.62 bits per heavy atom. The predicted molar refractivity (Wildman–Crippen MR) is 108 cm³/mol. The number of hydrogen-bond acceptors (Lipinski definition) is 7. The molecule has 0 amide bonds. The number of hydrogen-bond donors (Lipinski definition) is 1. The first-order valence-electron chi connectivity index (χ1n) is 7.63. The third kappa shape index (κ3) is 3.64. The molecule has 0 radical (unpaired) electrons. The van der Waals surface area contributed by atoms with Crippen LogP contribution >= 0.6 is 45.9 Å². The lowest BCUT2D eigenvalue weighted by Crippen LogP contribution is -2.36. The van der Waals surface area contributed by atoms with Gasteiger partial charge in [0.2, 0.25) is 0 Å². The second-order valence-electron chi connectivity index (χ2n) is 5.57. The van der Waals surface area contributed by atoms with Crippen molar-refractivity contribution in [1.29, 1.82) is 0 Å². The predicted octanol–water partition coefficient (Wildman–Crippen LogP) is 4.30. The molecule has 0 unspecified atom stereocenters. The van der Waals surface area contributed by atoms with Crippen LogP contribution in [0.2, 0.25) is 8.67 Å². The van der Waals surface area contributed by atoms with Crippen molar-refractivity contribution in [2.45, 2.75) is 4.90 Å². The SMILES string of the molecule is O=S(=O)(Nc1ccc2nc(N3CCOCC3)sc2c1)c1cc(Cl)sc1Cl. The molecule has 3 aromatic rings. The van der Waals surface area contributed by atoms with Gasteiger partial charge in [0.05, 0.1) is 33.5 Å². The average molecular weight is 450 g/mol. The summed E-state index contributed by atoms with van der Waals surface area (Å²) >= 11 is 14.4. The molecular formula is C15H13Cl2N3O3S3. The molecule has 4 rings (SSSR count). The van der Waals surface area contributed by atoms with Crippen LogP contribution in [0.15, 0.2) is 29.2 Å². The Morgan fingerprint density at radius 1 is 1.15 bits per heavy atom. The summed E-state index contributed by atoms with van der Waals surface area (Å²) in [5.74, 6) is 0. The normalized spacial score (nSPS) is 15.5. The van der Waals surface area contributed by atoms with Gasteiger partial charge in [-0.05, 0) is 24.3 Å². The summed E-state index contributed by atoms with van der Waals surface area (Å²) in [6.45, 7) is 2.98. The van der Waals surface area contributed by atoms with Gasteiger partial charge in [0, 0.05) is 13.1 Å². The van der Waals surface area contributed by atoms with E-state index in [2.05, 4.69) is 14.6 Å². The topological polar surface area (TPSA) is 71.5 Å². The Balaban J connectivity index is 1.62. The molecule has 26 heavy (non-hydrogen) atoms. The fourth-order valence-corrected chi connectivity index (χ4v) is 6.84. The Labute approximate surface area is 168 Å². The highest BCUT2D eigenvalue weighted by Gasteiger charge is 2.22. The summed E-state index contributed by atoms with van der Waals surface area (Å²) in [6, 6.07) is 6.61. The zero-order valence-electron chi connectivity index (χ0n) is 13.2. The quantitative estimate of drug-likeness (QED) is 0.642. The van der Waals surface area contributed by atoms with E-state index in [-0.39, 0.29) is 9.23 Å². The smallest absolute Gasteiger partial charge is 0.264 e. The highest BCUT2D eigenvalue weighted by atomic mass is 35.5. The molecule has 1 aromatic carbocycles. The number of halogens is 2. The number of rotatable bonds is 4. The average Bonchev–Trinajstić information content (AvgIpc) is 3.18. The minimum Gasteiger partial charge on any atom is -0.378 e. The number of benzene rings is 1. The molecule has 1 aliphatic rings. The Hall–Kier alpha value is -1.10. The number of ether oxygens (including phenoxy) is 1. The summed E-state index contributed by atoms with van der Waals surface area (Å²) in [4.78, 5) is 6.78. The first-order valence-corrected chi connectivity index (χ1v) is 11.5. The maximum Gasteiger partial charge on any atom is 0.264 e. The number of sulfonamides is 1. The van der Waals surface area contributed by atoms with Gasteiger partial charge in [0.15, 0.2) is 5.13 Å². The van der Waals surface area contributed by atoms with Gasteiger partial charge in [0.1, 0.15) is 9.23 Å². The summed E-state index contributed by atoms with van der Waals surface area (Å²) in [7, 11) is -3.80. The minimum atomic E-state index is -3.80. The second-order valence-corrected chi connectivity index (χ2v) is 10.5. The number of thiophene rings is 1. The van der Waals surface area contributed by atoms with E-state index < -0.39 is 10.0 Å². The van der Waals surface area contributed by atoms with Gasteiger partial charge in [-0.15, -0.1) is 11.3 Å². The molecule has 0 spiro atoms. The molecule has 6 nitrogen and oxygen atoms in total. The zero-order valence-corrected chi connectivity index (χ0v) is 17.2. The molecule has 1 saturated heterocycles. The van der Waals surface area contributed by atoms with E-state index in [9.17, 15) is 8.42 Å². The molecular weight excluding hydrogens is 437 g/mol. The van der Waals surface area contributed by atoms with Gasteiger partial charge in [-0.3, -0.25) is 4.72 Å². The van der Waals surface area contributed by atoms with Gasteiger partial charge < -0.3 is 9.64 Å². The monoisotopic (exact) mass is 449 g/mol. The lowest BCUT2D eigenvalue weighted by molar-refractivity contribution is 0.122. The van der Waals surface area contributed by atoms with Crippen molar-refractivity contribution in [3.8, 4) is 0 Å². The maximum atomic E-state index is 12.5. The van der Waals surface area contributed by atoms with Crippen LogP contribution in [0.25, 0.3) is 10.2 Å². The van der Waals surface area contributed by atoms with E-state index in [1.54, 1.807) is 18.2 Å². The summed E-state index contributed by atoms with van der Waals surface area (Å²) < 4.78 is 34.4. The number of thiazole rings is 1. The van der Waals surface area contributed by atoms with Crippen LogP contribution in [0.4, 0.5) is 10.8 Å². The maximum absolute atomic E-state index is 12.5. The first-order chi connectivity index (χ1) is 12.4. The van der Waals surface area contributed by atoms with Gasteiger partial charge >= 0.3 is 0 Å². The molecule has 1 aliphatic heterocycles. The summed E-state index contributed by atoms with van der Waals surface area (Å²) in [6.07, 6.45) is 0. The van der Waals surface area contributed by atoms with E-state index in [4.69, 9.17) is 27.9 Å². The Kier molecular flexibility index (Phi) is 5.02. The molecule has 138 valence electrons.